The first-order valence-corrected chi connectivity index (χ1v) is 10.3. The number of likely N-dealkylation sites (tertiary alicyclic amines) is 1. The van der Waals surface area contributed by atoms with Crippen molar-refractivity contribution in [3.05, 3.63) is 65.9 Å². The van der Waals surface area contributed by atoms with Gasteiger partial charge in [0.05, 0.1) is 25.3 Å². The van der Waals surface area contributed by atoms with Crippen molar-refractivity contribution in [3.8, 4) is 11.5 Å². The second kappa shape index (κ2) is 8.71. The fourth-order valence-electron chi connectivity index (χ4n) is 4.31. The summed E-state index contributed by atoms with van der Waals surface area (Å²) in [6.45, 7) is 3.18. The summed E-state index contributed by atoms with van der Waals surface area (Å²) >= 11 is 0. The molecular formula is C24H26N2O4. The van der Waals surface area contributed by atoms with Crippen molar-refractivity contribution in [1.29, 1.82) is 0 Å². The largest absolute Gasteiger partial charge is 0.493 e. The molecule has 1 aromatic heterocycles. The van der Waals surface area contributed by atoms with Crippen molar-refractivity contribution in [1.82, 2.24) is 9.88 Å². The number of aliphatic carboxylic acids is 1. The molecule has 30 heavy (non-hydrogen) atoms. The van der Waals surface area contributed by atoms with E-state index in [1.54, 1.807) is 7.11 Å². The average Bonchev–Trinajstić information content (AvgIpc) is 3.24. The molecule has 2 heterocycles. The summed E-state index contributed by atoms with van der Waals surface area (Å²) in [6, 6.07) is 15.1. The lowest BCUT2D eigenvalue weighted by Crippen LogP contribution is -2.39. The minimum atomic E-state index is -0.788. The number of carboxylic acid groups (broad SMARTS) is 1. The lowest BCUT2D eigenvalue weighted by Gasteiger charge is -2.32. The Bertz CT molecular complexity index is 1050. The number of carboxylic acids is 1. The van der Waals surface area contributed by atoms with E-state index in [0.717, 1.165) is 28.5 Å². The molecule has 1 saturated heterocycles. The number of ether oxygens (including phenoxy) is 2. The average molecular weight is 406 g/mol. The van der Waals surface area contributed by atoms with Crippen LogP contribution in [0.3, 0.4) is 0 Å². The summed E-state index contributed by atoms with van der Waals surface area (Å²) in [5.41, 5.74) is 2.84. The van der Waals surface area contributed by atoms with Gasteiger partial charge in [-0.15, -0.1) is 0 Å². The van der Waals surface area contributed by atoms with Gasteiger partial charge in [0.15, 0.2) is 11.5 Å². The summed E-state index contributed by atoms with van der Waals surface area (Å²) in [5, 5.41) is 10.8. The highest BCUT2D eigenvalue weighted by Crippen LogP contribution is 2.39. The number of fused-ring (bicyclic) bond motifs is 1. The molecule has 0 amide bonds. The fourth-order valence-corrected chi connectivity index (χ4v) is 4.31. The lowest BCUT2D eigenvalue weighted by atomic mass is 9.96. The molecule has 1 aliphatic rings. The van der Waals surface area contributed by atoms with Gasteiger partial charge in [-0.2, -0.15) is 0 Å². The van der Waals surface area contributed by atoms with Crippen LogP contribution in [0.15, 0.2) is 54.7 Å². The van der Waals surface area contributed by atoms with Crippen LogP contribution in [0.1, 0.15) is 36.9 Å². The molecule has 6 nitrogen and oxygen atoms in total. The maximum absolute atomic E-state index is 12.0. The van der Waals surface area contributed by atoms with Crippen molar-refractivity contribution in [2.24, 2.45) is 0 Å². The van der Waals surface area contributed by atoms with Crippen molar-refractivity contribution >= 4 is 16.9 Å². The molecule has 4 rings (SSSR count). The maximum atomic E-state index is 12.0. The smallest absolute Gasteiger partial charge is 0.320 e. The topological polar surface area (TPSA) is 71.9 Å². The Morgan fingerprint density at radius 2 is 2.03 bits per heavy atom. The molecule has 6 heteroatoms. The number of pyridine rings is 1. The molecule has 156 valence electrons. The van der Waals surface area contributed by atoms with Gasteiger partial charge >= 0.3 is 5.97 Å². The molecule has 1 N–H and O–H groups in total. The predicted molar refractivity (Wildman–Crippen MR) is 115 cm³/mol. The molecule has 3 aromatic rings. The number of rotatable bonds is 7. The summed E-state index contributed by atoms with van der Waals surface area (Å²) in [5.74, 6) is 0.527. The second-order valence-corrected chi connectivity index (χ2v) is 7.44. The number of carbonyl (C=O) groups is 1. The first kappa shape index (κ1) is 20.2. The van der Waals surface area contributed by atoms with Crippen LogP contribution in [0.2, 0.25) is 0 Å². The third-order valence-electron chi connectivity index (χ3n) is 5.64. The number of methoxy groups -OCH3 is 1. The minimum absolute atomic E-state index is 0.240. The first-order chi connectivity index (χ1) is 14.6. The predicted octanol–water partition coefficient (Wildman–Crippen LogP) is 4.28. The fraction of sp³-hybridized carbons (Fsp3) is 0.333. The molecule has 2 unspecified atom stereocenters. The van der Waals surface area contributed by atoms with Gasteiger partial charge in [0.1, 0.15) is 6.04 Å². The van der Waals surface area contributed by atoms with Crippen LogP contribution >= 0.6 is 0 Å². The molecule has 1 fully saturated rings. The van der Waals surface area contributed by atoms with Crippen LogP contribution in [0.25, 0.3) is 10.9 Å². The number of benzene rings is 2. The quantitative estimate of drug-likeness (QED) is 0.631. The van der Waals surface area contributed by atoms with E-state index in [2.05, 4.69) is 16.0 Å². The van der Waals surface area contributed by atoms with Gasteiger partial charge in [0.2, 0.25) is 0 Å². The van der Waals surface area contributed by atoms with E-state index in [4.69, 9.17) is 9.47 Å². The third-order valence-corrected chi connectivity index (χ3v) is 5.64. The number of hydrogen-bond acceptors (Lipinski definition) is 5. The Kier molecular flexibility index (Phi) is 5.86. The number of hydrogen-bond donors (Lipinski definition) is 1. The van der Waals surface area contributed by atoms with E-state index in [-0.39, 0.29) is 6.04 Å². The van der Waals surface area contributed by atoms with Crippen LogP contribution in [-0.2, 0) is 4.79 Å². The monoisotopic (exact) mass is 406 g/mol. The third kappa shape index (κ3) is 3.83. The normalized spacial score (nSPS) is 17.7. The van der Waals surface area contributed by atoms with Crippen LogP contribution in [0.4, 0.5) is 0 Å². The molecule has 0 saturated carbocycles. The first-order valence-electron chi connectivity index (χ1n) is 10.3. The van der Waals surface area contributed by atoms with E-state index in [0.29, 0.717) is 31.1 Å². The highest BCUT2D eigenvalue weighted by atomic mass is 16.5. The van der Waals surface area contributed by atoms with Gasteiger partial charge in [-0.25, -0.2) is 0 Å². The Labute approximate surface area is 176 Å². The van der Waals surface area contributed by atoms with Gasteiger partial charge in [0.25, 0.3) is 0 Å². The summed E-state index contributed by atoms with van der Waals surface area (Å²) in [7, 11) is 1.62. The van der Waals surface area contributed by atoms with Gasteiger partial charge in [-0.1, -0.05) is 24.3 Å². The van der Waals surface area contributed by atoms with Crippen LogP contribution in [0.5, 0.6) is 11.5 Å². The van der Waals surface area contributed by atoms with Crippen LogP contribution in [0, 0.1) is 0 Å². The number of nitrogens with zero attached hydrogens (tertiary/aromatic N) is 2. The van der Waals surface area contributed by atoms with E-state index in [1.807, 2.05) is 55.6 Å². The Morgan fingerprint density at radius 1 is 1.20 bits per heavy atom. The molecule has 1 aliphatic heterocycles. The maximum Gasteiger partial charge on any atom is 0.320 e. The van der Waals surface area contributed by atoms with Crippen molar-refractivity contribution in [3.63, 3.8) is 0 Å². The standard InChI is InChI=1S/C24H26N2O4/c1-3-30-21-11-10-17(14-22(21)29-2)23(26-12-6-9-20(26)24(27)28)18-13-16-7-4-5-8-19(16)25-15-18/h4-5,7-8,10-11,13-15,20,23H,3,6,9,12H2,1-2H3,(H,27,28). The minimum Gasteiger partial charge on any atom is -0.493 e. The van der Waals surface area contributed by atoms with Gasteiger partial charge in [-0.05, 0) is 55.2 Å². The molecule has 0 aliphatic carbocycles. The summed E-state index contributed by atoms with van der Waals surface area (Å²) < 4.78 is 11.2. The van der Waals surface area contributed by atoms with E-state index in [9.17, 15) is 9.90 Å². The van der Waals surface area contributed by atoms with Crippen molar-refractivity contribution in [2.75, 3.05) is 20.3 Å². The van der Waals surface area contributed by atoms with Crippen LogP contribution in [-0.4, -0.2) is 47.3 Å². The number of aromatic nitrogens is 1. The Morgan fingerprint density at radius 3 is 2.80 bits per heavy atom. The van der Waals surface area contributed by atoms with Crippen LogP contribution < -0.4 is 9.47 Å². The molecule has 0 spiro atoms. The zero-order chi connectivity index (χ0) is 21.1. The lowest BCUT2D eigenvalue weighted by molar-refractivity contribution is -0.142. The van der Waals surface area contributed by atoms with Crippen molar-refractivity contribution in [2.45, 2.75) is 31.8 Å². The second-order valence-electron chi connectivity index (χ2n) is 7.44. The van der Waals surface area contributed by atoms with Gasteiger partial charge in [-0.3, -0.25) is 14.7 Å². The molecular weight excluding hydrogens is 380 g/mol. The summed E-state index contributed by atoms with van der Waals surface area (Å²) in [6.07, 6.45) is 3.34. The number of para-hydroxylation sites is 1. The molecule has 0 bridgehead atoms. The molecule has 0 radical (unpaired) electrons. The van der Waals surface area contributed by atoms with Gasteiger partial charge in [0, 0.05) is 18.1 Å². The van der Waals surface area contributed by atoms with E-state index in [1.165, 1.54) is 0 Å². The Hall–Kier alpha value is -3.12. The molecule has 2 atom stereocenters. The zero-order valence-corrected chi connectivity index (χ0v) is 17.2. The molecule has 2 aromatic carbocycles. The SMILES string of the molecule is CCOc1ccc(C(c2cnc3ccccc3c2)N2CCCC2C(=O)O)cc1OC. The van der Waals surface area contributed by atoms with E-state index >= 15 is 0 Å². The Balaban J connectivity index is 1.84. The van der Waals surface area contributed by atoms with E-state index < -0.39 is 12.0 Å². The highest BCUT2D eigenvalue weighted by molar-refractivity contribution is 5.79. The highest BCUT2D eigenvalue weighted by Gasteiger charge is 2.37. The summed E-state index contributed by atoms with van der Waals surface area (Å²) in [4.78, 5) is 18.6. The zero-order valence-electron chi connectivity index (χ0n) is 17.2. The van der Waals surface area contributed by atoms with Gasteiger partial charge < -0.3 is 14.6 Å². The van der Waals surface area contributed by atoms with Crippen molar-refractivity contribution < 1.29 is 19.4 Å².